The zero-order valence-electron chi connectivity index (χ0n) is 14.0. The van der Waals surface area contributed by atoms with E-state index in [2.05, 4.69) is 15.3 Å². The van der Waals surface area contributed by atoms with E-state index in [0.717, 1.165) is 15.7 Å². The number of pyridine rings is 2. The molecule has 0 aliphatic carbocycles. The van der Waals surface area contributed by atoms with Gasteiger partial charge in [0.1, 0.15) is 5.03 Å². The van der Waals surface area contributed by atoms with Gasteiger partial charge in [0.05, 0.1) is 5.69 Å². The van der Waals surface area contributed by atoms with E-state index in [1.54, 1.807) is 30.2 Å². The number of carbonyl (C=O) groups is 1. The van der Waals surface area contributed by atoms with E-state index in [0.29, 0.717) is 11.3 Å². The van der Waals surface area contributed by atoms with E-state index < -0.39 is 0 Å². The molecule has 2 heterocycles. The number of nitrogens with zero attached hydrogens (tertiary/aromatic N) is 3. The van der Waals surface area contributed by atoms with Crippen molar-refractivity contribution in [2.45, 2.75) is 9.92 Å². The van der Waals surface area contributed by atoms with Crippen LogP contribution in [0.15, 0.2) is 76.9 Å². The smallest absolute Gasteiger partial charge is 0.255 e. The fourth-order valence-corrected chi connectivity index (χ4v) is 3.02. The molecular weight excluding hydrogens is 332 g/mol. The number of benzene rings is 1. The van der Waals surface area contributed by atoms with E-state index in [-0.39, 0.29) is 5.91 Å². The van der Waals surface area contributed by atoms with Gasteiger partial charge in [0.2, 0.25) is 0 Å². The average Bonchev–Trinajstić information content (AvgIpc) is 2.63. The lowest BCUT2D eigenvalue weighted by atomic mass is 10.2. The van der Waals surface area contributed by atoms with Crippen molar-refractivity contribution in [2.75, 3.05) is 24.3 Å². The van der Waals surface area contributed by atoms with Crippen LogP contribution in [0.3, 0.4) is 0 Å². The Labute approximate surface area is 151 Å². The fourth-order valence-electron chi connectivity index (χ4n) is 2.25. The molecule has 25 heavy (non-hydrogen) atoms. The highest BCUT2D eigenvalue weighted by Crippen LogP contribution is 2.26. The Morgan fingerprint density at radius 1 is 0.960 bits per heavy atom. The van der Waals surface area contributed by atoms with Crippen LogP contribution < -0.4 is 10.2 Å². The van der Waals surface area contributed by atoms with E-state index in [9.17, 15) is 4.79 Å². The van der Waals surface area contributed by atoms with Gasteiger partial charge in [0.15, 0.2) is 5.82 Å². The second-order valence-electron chi connectivity index (χ2n) is 5.52. The van der Waals surface area contributed by atoms with Crippen molar-refractivity contribution < 1.29 is 4.79 Å². The summed E-state index contributed by atoms with van der Waals surface area (Å²) < 4.78 is 0. The number of amides is 1. The predicted octanol–water partition coefficient (Wildman–Crippen LogP) is 3.95. The maximum Gasteiger partial charge on any atom is 0.255 e. The van der Waals surface area contributed by atoms with Crippen LogP contribution >= 0.6 is 11.8 Å². The van der Waals surface area contributed by atoms with Crippen LogP contribution in [0.4, 0.5) is 11.5 Å². The summed E-state index contributed by atoms with van der Waals surface area (Å²) in [6, 6.07) is 16.9. The summed E-state index contributed by atoms with van der Waals surface area (Å²) >= 11 is 1.56. The third-order valence-corrected chi connectivity index (χ3v) is 4.39. The minimum absolute atomic E-state index is 0.162. The Hall–Kier alpha value is -2.86. The van der Waals surface area contributed by atoms with Crippen molar-refractivity contribution in [2.24, 2.45) is 0 Å². The molecule has 0 saturated carbocycles. The van der Waals surface area contributed by atoms with Gasteiger partial charge in [-0.1, -0.05) is 17.8 Å². The third-order valence-electron chi connectivity index (χ3n) is 3.44. The molecule has 2 aromatic heterocycles. The van der Waals surface area contributed by atoms with Gasteiger partial charge >= 0.3 is 0 Å². The number of hydrogen-bond acceptors (Lipinski definition) is 5. The first kappa shape index (κ1) is 17.0. The lowest BCUT2D eigenvalue weighted by Gasteiger charge is -2.16. The second kappa shape index (κ2) is 7.81. The summed E-state index contributed by atoms with van der Waals surface area (Å²) in [4.78, 5) is 24.0. The molecule has 3 aromatic rings. The number of aromatic nitrogens is 2. The second-order valence-corrected chi connectivity index (χ2v) is 6.61. The van der Waals surface area contributed by atoms with Crippen molar-refractivity contribution in [3.8, 4) is 0 Å². The van der Waals surface area contributed by atoms with Crippen molar-refractivity contribution in [3.63, 3.8) is 0 Å². The van der Waals surface area contributed by atoms with Crippen LogP contribution in [0, 0.1) is 0 Å². The molecule has 0 fully saturated rings. The molecule has 126 valence electrons. The molecule has 5 nitrogen and oxygen atoms in total. The van der Waals surface area contributed by atoms with Crippen LogP contribution in [-0.2, 0) is 0 Å². The van der Waals surface area contributed by atoms with E-state index >= 15 is 0 Å². The molecule has 3 rings (SSSR count). The highest BCUT2D eigenvalue weighted by molar-refractivity contribution is 7.99. The predicted molar refractivity (Wildman–Crippen MR) is 101 cm³/mol. The van der Waals surface area contributed by atoms with Crippen LogP contribution in [0.1, 0.15) is 10.4 Å². The minimum Gasteiger partial charge on any atom is -0.361 e. The van der Waals surface area contributed by atoms with E-state index in [1.165, 1.54) is 0 Å². The largest absolute Gasteiger partial charge is 0.361 e. The number of hydrogen-bond donors (Lipinski definition) is 1. The maximum absolute atomic E-state index is 12.5. The average molecular weight is 350 g/mol. The molecule has 1 aromatic carbocycles. The van der Waals surface area contributed by atoms with Crippen LogP contribution in [0.5, 0.6) is 0 Å². The highest BCUT2D eigenvalue weighted by atomic mass is 32.2. The highest BCUT2D eigenvalue weighted by Gasteiger charge is 2.11. The van der Waals surface area contributed by atoms with Gasteiger partial charge in [0.25, 0.3) is 5.91 Å². The number of nitrogens with one attached hydrogen (secondary N) is 1. The molecule has 1 N–H and O–H groups in total. The summed E-state index contributed by atoms with van der Waals surface area (Å²) in [7, 11) is 3.78. The van der Waals surface area contributed by atoms with Gasteiger partial charge in [0, 0.05) is 36.9 Å². The summed E-state index contributed by atoms with van der Waals surface area (Å²) in [6.45, 7) is 0. The minimum atomic E-state index is -0.162. The topological polar surface area (TPSA) is 58.1 Å². The van der Waals surface area contributed by atoms with E-state index in [4.69, 9.17) is 0 Å². The molecular formula is C19H18N4OS. The summed E-state index contributed by atoms with van der Waals surface area (Å²) in [5.74, 6) is 0.559. The molecule has 6 heteroatoms. The SMILES string of the molecule is CN(C)c1ncccc1NC(=O)c1ccc(Sc2ccccn2)cc1. The van der Waals surface area contributed by atoms with Gasteiger partial charge in [-0.3, -0.25) is 4.79 Å². The zero-order valence-corrected chi connectivity index (χ0v) is 14.8. The molecule has 1 amide bonds. The quantitative estimate of drug-likeness (QED) is 0.755. The van der Waals surface area contributed by atoms with Crippen molar-refractivity contribution in [3.05, 3.63) is 72.6 Å². The fraction of sp³-hybridized carbons (Fsp3) is 0.105. The van der Waals surface area contributed by atoms with Gasteiger partial charge in [-0.05, 0) is 48.5 Å². The molecule has 0 saturated heterocycles. The molecule has 0 bridgehead atoms. The Morgan fingerprint density at radius 2 is 1.72 bits per heavy atom. The molecule has 0 aliphatic heterocycles. The first-order valence-electron chi connectivity index (χ1n) is 7.76. The lowest BCUT2D eigenvalue weighted by molar-refractivity contribution is 0.102. The standard InChI is InChI=1S/C19H18N4OS/c1-23(2)18-16(6-5-13-21-18)22-19(24)14-8-10-15(11-9-14)25-17-7-3-4-12-20-17/h3-13H,1-2H3,(H,22,24). The van der Waals surface area contributed by atoms with Gasteiger partial charge in [-0.15, -0.1) is 0 Å². The van der Waals surface area contributed by atoms with E-state index in [1.807, 2.05) is 67.5 Å². The Balaban J connectivity index is 1.71. The Kier molecular flexibility index (Phi) is 5.30. The van der Waals surface area contributed by atoms with Gasteiger partial charge in [-0.2, -0.15) is 0 Å². The normalized spacial score (nSPS) is 10.3. The van der Waals surface area contributed by atoms with Crippen molar-refractivity contribution in [1.82, 2.24) is 9.97 Å². The summed E-state index contributed by atoms with van der Waals surface area (Å²) in [5.41, 5.74) is 1.28. The lowest BCUT2D eigenvalue weighted by Crippen LogP contribution is -2.17. The molecule has 0 radical (unpaired) electrons. The maximum atomic E-state index is 12.5. The monoisotopic (exact) mass is 350 g/mol. The number of carbonyl (C=O) groups excluding carboxylic acids is 1. The van der Waals surface area contributed by atoms with Gasteiger partial charge < -0.3 is 10.2 Å². The Bertz CT molecular complexity index is 851. The number of anilines is 2. The van der Waals surface area contributed by atoms with Crippen molar-refractivity contribution >= 4 is 29.2 Å². The number of rotatable bonds is 5. The van der Waals surface area contributed by atoms with Crippen molar-refractivity contribution in [1.29, 1.82) is 0 Å². The van der Waals surface area contributed by atoms with Crippen LogP contribution in [0.25, 0.3) is 0 Å². The van der Waals surface area contributed by atoms with Crippen LogP contribution in [0.2, 0.25) is 0 Å². The molecule has 0 unspecified atom stereocenters. The molecule has 0 aliphatic rings. The first-order chi connectivity index (χ1) is 12.1. The first-order valence-corrected chi connectivity index (χ1v) is 8.58. The molecule has 0 atom stereocenters. The Morgan fingerprint density at radius 3 is 2.40 bits per heavy atom. The molecule has 0 spiro atoms. The summed E-state index contributed by atoms with van der Waals surface area (Å²) in [5, 5.41) is 3.84. The third kappa shape index (κ3) is 4.36. The zero-order chi connectivity index (χ0) is 17.6. The van der Waals surface area contributed by atoms with Crippen LogP contribution in [-0.4, -0.2) is 30.0 Å². The van der Waals surface area contributed by atoms with Gasteiger partial charge in [-0.25, -0.2) is 9.97 Å². The summed E-state index contributed by atoms with van der Waals surface area (Å²) in [6.07, 6.45) is 3.47.